The average molecular weight is 307 g/mol. The molecule has 0 aliphatic carbocycles. The minimum Gasteiger partial charge on any atom is -0.481 e. The van der Waals surface area contributed by atoms with Gasteiger partial charge in [0.05, 0.1) is 6.61 Å². The van der Waals surface area contributed by atoms with Crippen LogP contribution in [0, 0.1) is 0 Å². The topological polar surface area (TPSA) is 92.7 Å². The number of esters is 1. The maximum absolute atomic E-state index is 11.7. The molecule has 1 aromatic carbocycles. The number of benzene rings is 1. The van der Waals surface area contributed by atoms with Crippen molar-refractivity contribution in [1.29, 1.82) is 0 Å². The Kier molecular flexibility index (Phi) is 7.67. The number of ether oxygens (including phenoxy) is 1. The largest absolute Gasteiger partial charge is 0.481 e. The molecule has 0 saturated carbocycles. The fraction of sp³-hybridized carbons (Fsp3) is 0.438. The van der Waals surface area contributed by atoms with Crippen molar-refractivity contribution in [3.05, 3.63) is 29.8 Å². The second kappa shape index (κ2) is 9.55. The Morgan fingerprint density at radius 2 is 1.77 bits per heavy atom. The van der Waals surface area contributed by atoms with E-state index >= 15 is 0 Å². The number of carbonyl (C=O) groups excluding carboxylic acids is 2. The van der Waals surface area contributed by atoms with Gasteiger partial charge in [0, 0.05) is 24.9 Å². The summed E-state index contributed by atoms with van der Waals surface area (Å²) < 4.78 is 4.78. The van der Waals surface area contributed by atoms with Crippen LogP contribution in [0.5, 0.6) is 0 Å². The number of carboxylic acids is 1. The number of hydrogen-bond acceptors (Lipinski definition) is 4. The van der Waals surface area contributed by atoms with Gasteiger partial charge in [-0.3, -0.25) is 14.4 Å². The van der Waals surface area contributed by atoms with Crippen molar-refractivity contribution in [3.8, 4) is 0 Å². The third-order valence-corrected chi connectivity index (χ3v) is 2.96. The van der Waals surface area contributed by atoms with Gasteiger partial charge < -0.3 is 15.2 Å². The van der Waals surface area contributed by atoms with Gasteiger partial charge in [0.25, 0.3) is 0 Å². The summed E-state index contributed by atoms with van der Waals surface area (Å²) in [7, 11) is 0. The zero-order valence-corrected chi connectivity index (χ0v) is 12.6. The molecule has 120 valence electrons. The highest BCUT2D eigenvalue weighted by Gasteiger charge is 2.06. The molecule has 0 atom stereocenters. The van der Waals surface area contributed by atoms with Gasteiger partial charge in [0.1, 0.15) is 0 Å². The van der Waals surface area contributed by atoms with Crippen molar-refractivity contribution in [2.75, 3.05) is 11.9 Å². The summed E-state index contributed by atoms with van der Waals surface area (Å²) in [5.74, 6) is -1.29. The highest BCUT2D eigenvalue weighted by atomic mass is 16.5. The number of amides is 1. The maximum Gasteiger partial charge on any atom is 0.305 e. The van der Waals surface area contributed by atoms with Gasteiger partial charge in [-0.05, 0) is 37.5 Å². The van der Waals surface area contributed by atoms with E-state index in [1.54, 1.807) is 31.2 Å². The number of nitrogens with one attached hydrogen (secondary N) is 1. The van der Waals surface area contributed by atoms with Crippen LogP contribution in [0.15, 0.2) is 24.3 Å². The molecule has 2 N–H and O–H groups in total. The van der Waals surface area contributed by atoms with Crippen molar-refractivity contribution in [1.82, 2.24) is 0 Å². The van der Waals surface area contributed by atoms with E-state index < -0.39 is 5.97 Å². The van der Waals surface area contributed by atoms with Crippen molar-refractivity contribution in [2.45, 2.75) is 39.0 Å². The lowest BCUT2D eigenvalue weighted by Crippen LogP contribution is -2.12. The summed E-state index contributed by atoms with van der Waals surface area (Å²) in [6.45, 7) is 2.09. The zero-order chi connectivity index (χ0) is 16.4. The molecule has 0 unspecified atom stereocenters. The number of aryl methyl sites for hydroxylation is 1. The van der Waals surface area contributed by atoms with Crippen LogP contribution in [0.2, 0.25) is 0 Å². The number of carboxylic acid groups (broad SMARTS) is 1. The number of anilines is 1. The van der Waals surface area contributed by atoms with Crippen LogP contribution >= 0.6 is 0 Å². The van der Waals surface area contributed by atoms with Crippen molar-refractivity contribution in [3.63, 3.8) is 0 Å². The molecule has 1 amide bonds. The Morgan fingerprint density at radius 1 is 1.09 bits per heavy atom. The fourth-order valence-electron chi connectivity index (χ4n) is 1.86. The Bertz CT molecular complexity index is 510. The molecule has 0 aromatic heterocycles. The van der Waals surface area contributed by atoms with E-state index in [-0.39, 0.29) is 31.1 Å². The first-order valence-electron chi connectivity index (χ1n) is 7.27. The lowest BCUT2D eigenvalue weighted by molar-refractivity contribution is -0.143. The van der Waals surface area contributed by atoms with E-state index in [1.165, 1.54) is 0 Å². The number of carbonyl (C=O) groups is 3. The molecule has 0 saturated heterocycles. The molecule has 22 heavy (non-hydrogen) atoms. The van der Waals surface area contributed by atoms with E-state index in [2.05, 4.69) is 5.32 Å². The maximum atomic E-state index is 11.7. The van der Waals surface area contributed by atoms with Gasteiger partial charge in [0.15, 0.2) is 0 Å². The van der Waals surface area contributed by atoms with Crippen molar-refractivity contribution in [2.24, 2.45) is 0 Å². The van der Waals surface area contributed by atoms with Crippen LogP contribution in [0.4, 0.5) is 5.69 Å². The normalized spacial score (nSPS) is 10.0. The smallest absolute Gasteiger partial charge is 0.305 e. The molecule has 6 heteroatoms. The summed E-state index contributed by atoms with van der Waals surface area (Å²) in [6, 6.07) is 7.05. The second-order valence-electron chi connectivity index (χ2n) is 4.80. The van der Waals surface area contributed by atoms with Gasteiger partial charge in [-0.1, -0.05) is 12.1 Å². The molecule has 6 nitrogen and oxygen atoms in total. The Morgan fingerprint density at radius 3 is 2.36 bits per heavy atom. The number of aliphatic carboxylic acids is 1. The summed E-state index contributed by atoms with van der Waals surface area (Å²) in [6.07, 6.45) is 1.47. The lowest BCUT2D eigenvalue weighted by atomic mass is 10.1. The predicted octanol–water partition coefficient (Wildman–Crippen LogP) is 2.38. The molecule has 0 spiro atoms. The first-order chi connectivity index (χ1) is 10.5. The van der Waals surface area contributed by atoms with E-state index in [4.69, 9.17) is 9.84 Å². The third-order valence-electron chi connectivity index (χ3n) is 2.96. The first-order valence-corrected chi connectivity index (χ1v) is 7.27. The van der Waals surface area contributed by atoms with Gasteiger partial charge in [0.2, 0.25) is 5.91 Å². The summed E-state index contributed by atoms with van der Waals surface area (Å²) in [4.78, 5) is 33.3. The predicted molar refractivity (Wildman–Crippen MR) is 81.5 cm³/mol. The monoisotopic (exact) mass is 307 g/mol. The minimum atomic E-state index is -0.834. The molecule has 1 aromatic rings. The van der Waals surface area contributed by atoms with E-state index in [0.29, 0.717) is 25.1 Å². The molecule has 0 bridgehead atoms. The zero-order valence-electron chi connectivity index (χ0n) is 12.6. The second-order valence-corrected chi connectivity index (χ2v) is 4.80. The standard InChI is InChI=1S/C16H21NO5/c1-2-22-16(21)5-3-4-14(18)17-13-9-6-12(7-10-13)8-11-15(19)20/h6-7,9-10H,2-5,8,11H2,1H3,(H,17,18)(H,19,20). The molecule has 0 aliphatic heterocycles. The van der Waals surface area contributed by atoms with Gasteiger partial charge in [-0.2, -0.15) is 0 Å². The molecular weight excluding hydrogens is 286 g/mol. The first kappa shape index (κ1) is 17.7. The number of hydrogen-bond donors (Lipinski definition) is 2. The van der Waals surface area contributed by atoms with Crippen molar-refractivity contribution < 1.29 is 24.2 Å². The van der Waals surface area contributed by atoms with Crippen molar-refractivity contribution >= 4 is 23.5 Å². The average Bonchev–Trinajstić information content (AvgIpc) is 2.46. The fourth-order valence-corrected chi connectivity index (χ4v) is 1.86. The minimum absolute atomic E-state index is 0.0829. The quantitative estimate of drug-likeness (QED) is 0.683. The van der Waals surface area contributed by atoms with Crippen LogP contribution in [0.3, 0.4) is 0 Å². The Hall–Kier alpha value is -2.37. The highest BCUT2D eigenvalue weighted by Crippen LogP contribution is 2.12. The van der Waals surface area contributed by atoms with Gasteiger partial charge in [-0.15, -0.1) is 0 Å². The van der Waals surface area contributed by atoms with E-state index in [9.17, 15) is 14.4 Å². The van der Waals surface area contributed by atoms with Gasteiger partial charge >= 0.3 is 11.9 Å². The summed E-state index contributed by atoms with van der Waals surface area (Å²) in [5.41, 5.74) is 1.56. The van der Waals surface area contributed by atoms with Crippen LogP contribution in [0.1, 0.15) is 38.2 Å². The Balaban J connectivity index is 2.32. The molecule has 0 fully saturated rings. The molecule has 0 radical (unpaired) electrons. The van der Waals surface area contributed by atoms with Gasteiger partial charge in [-0.25, -0.2) is 0 Å². The summed E-state index contributed by atoms with van der Waals surface area (Å²) in [5, 5.41) is 11.3. The summed E-state index contributed by atoms with van der Waals surface area (Å²) >= 11 is 0. The van der Waals surface area contributed by atoms with Crippen LogP contribution in [0.25, 0.3) is 0 Å². The van der Waals surface area contributed by atoms with Crippen LogP contribution in [-0.2, 0) is 25.5 Å². The third kappa shape index (κ3) is 7.42. The van der Waals surface area contributed by atoms with Crippen LogP contribution in [-0.4, -0.2) is 29.6 Å². The molecule has 0 aliphatic rings. The van der Waals surface area contributed by atoms with E-state index in [0.717, 1.165) is 5.56 Å². The molecular formula is C16H21NO5. The molecule has 1 rings (SSSR count). The SMILES string of the molecule is CCOC(=O)CCCC(=O)Nc1ccc(CCC(=O)O)cc1. The van der Waals surface area contributed by atoms with E-state index in [1.807, 2.05) is 0 Å². The number of rotatable bonds is 9. The Labute approximate surface area is 129 Å². The lowest BCUT2D eigenvalue weighted by Gasteiger charge is -2.06. The van der Waals surface area contributed by atoms with Crippen LogP contribution < -0.4 is 5.32 Å². The highest BCUT2D eigenvalue weighted by molar-refractivity contribution is 5.90. The molecule has 0 heterocycles.